The molecule has 0 bridgehead atoms. The maximum absolute atomic E-state index is 11.0. The van der Waals surface area contributed by atoms with Crippen molar-refractivity contribution in [2.75, 3.05) is 18.5 Å². The van der Waals surface area contributed by atoms with Crippen LogP contribution in [0.2, 0.25) is 0 Å². The highest BCUT2D eigenvalue weighted by atomic mass is 16.6. The van der Waals surface area contributed by atoms with Crippen molar-refractivity contribution in [2.45, 2.75) is 38.8 Å². The summed E-state index contributed by atoms with van der Waals surface area (Å²) in [6.07, 6.45) is 0.839. The molecule has 0 spiro atoms. The van der Waals surface area contributed by atoms with Crippen LogP contribution in [0.1, 0.15) is 27.2 Å². The van der Waals surface area contributed by atoms with E-state index in [1.165, 1.54) is 12.1 Å². The van der Waals surface area contributed by atoms with E-state index in [0.29, 0.717) is 24.7 Å². The van der Waals surface area contributed by atoms with E-state index < -0.39 is 4.92 Å². The minimum Gasteiger partial charge on any atom is -0.491 e. The molecule has 1 aromatic carbocycles. The molecule has 1 aromatic rings. The maximum Gasteiger partial charge on any atom is 0.275 e. The first-order valence-corrected chi connectivity index (χ1v) is 6.70. The van der Waals surface area contributed by atoms with Crippen LogP contribution in [0, 0.1) is 10.1 Å². The normalized spacial score (nSPS) is 22.0. The Morgan fingerprint density at radius 1 is 1.45 bits per heavy atom. The molecular formula is C14H20N2O4. The van der Waals surface area contributed by atoms with E-state index in [1.54, 1.807) is 6.07 Å². The van der Waals surface area contributed by atoms with Crippen molar-refractivity contribution in [3.63, 3.8) is 0 Å². The molecule has 20 heavy (non-hydrogen) atoms. The highest BCUT2D eigenvalue weighted by molar-refractivity contribution is 5.57. The second-order valence-corrected chi connectivity index (χ2v) is 5.63. The zero-order valence-corrected chi connectivity index (χ0v) is 12.0. The number of benzene rings is 1. The molecule has 1 aliphatic rings. The molecule has 6 heteroatoms. The molecule has 1 unspecified atom stereocenters. The van der Waals surface area contributed by atoms with Crippen LogP contribution in [-0.2, 0) is 4.74 Å². The van der Waals surface area contributed by atoms with Gasteiger partial charge in [0.05, 0.1) is 29.2 Å². The van der Waals surface area contributed by atoms with Crippen LogP contribution in [-0.4, -0.2) is 29.8 Å². The zero-order chi connectivity index (χ0) is 14.8. The minimum absolute atomic E-state index is 0.0214. The van der Waals surface area contributed by atoms with Crippen LogP contribution in [0.3, 0.4) is 0 Å². The molecule has 0 aromatic heterocycles. The maximum atomic E-state index is 11.0. The fourth-order valence-electron chi connectivity index (χ4n) is 2.22. The lowest BCUT2D eigenvalue weighted by Crippen LogP contribution is -2.34. The molecule has 1 N–H and O–H groups in total. The van der Waals surface area contributed by atoms with Gasteiger partial charge in [0, 0.05) is 24.4 Å². The van der Waals surface area contributed by atoms with E-state index in [2.05, 4.69) is 5.32 Å². The van der Waals surface area contributed by atoms with Crippen LogP contribution in [0.4, 0.5) is 11.4 Å². The van der Waals surface area contributed by atoms with Gasteiger partial charge in [0.25, 0.3) is 5.69 Å². The number of nitrogens with zero attached hydrogens (tertiary/aromatic N) is 1. The van der Waals surface area contributed by atoms with Gasteiger partial charge in [-0.25, -0.2) is 0 Å². The van der Waals surface area contributed by atoms with Gasteiger partial charge in [0.2, 0.25) is 0 Å². The van der Waals surface area contributed by atoms with Crippen molar-refractivity contribution in [3.8, 4) is 5.75 Å². The van der Waals surface area contributed by atoms with Crippen LogP contribution in [0.15, 0.2) is 18.2 Å². The van der Waals surface area contributed by atoms with Crippen molar-refractivity contribution in [1.82, 2.24) is 0 Å². The van der Waals surface area contributed by atoms with Crippen LogP contribution >= 0.6 is 0 Å². The molecule has 0 radical (unpaired) electrons. The van der Waals surface area contributed by atoms with E-state index in [1.807, 2.05) is 20.8 Å². The zero-order valence-electron chi connectivity index (χ0n) is 12.0. The third-order valence-corrected chi connectivity index (χ3v) is 3.14. The highest BCUT2D eigenvalue weighted by Gasteiger charge is 2.30. The standard InChI is InChI=1S/C14H20N2O4/c1-10(2)20-13-7-11(6-12(8-13)16(17)18)15-14(3)4-5-19-9-14/h6-8,10,15H,4-5,9H2,1-3H3. The van der Waals surface area contributed by atoms with Gasteiger partial charge in [-0.2, -0.15) is 0 Å². The predicted octanol–water partition coefficient (Wildman–Crippen LogP) is 2.97. The van der Waals surface area contributed by atoms with E-state index in [4.69, 9.17) is 9.47 Å². The Morgan fingerprint density at radius 3 is 2.75 bits per heavy atom. The van der Waals surface area contributed by atoms with Gasteiger partial charge in [0.1, 0.15) is 5.75 Å². The molecule has 1 aliphatic heterocycles. The number of nitro groups is 1. The Labute approximate surface area is 118 Å². The monoisotopic (exact) mass is 280 g/mol. The van der Waals surface area contributed by atoms with Gasteiger partial charge in [-0.05, 0) is 27.2 Å². The van der Waals surface area contributed by atoms with Crippen LogP contribution in [0.5, 0.6) is 5.75 Å². The Bertz CT molecular complexity index is 496. The summed E-state index contributed by atoms with van der Waals surface area (Å²) in [4.78, 5) is 10.6. The van der Waals surface area contributed by atoms with Gasteiger partial charge in [-0.15, -0.1) is 0 Å². The number of nitro benzene ring substituents is 1. The summed E-state index contributed by atoms with van der Waals surface area (Å²) in [6.45, 7) is 7.11. The summed E-state index contributed by atoms with van der Waals surface area (Å²) in [6, 6.07) is 4.76. The highest BCUT2D eigenvalue weighted by Crippen LogP contribution is 2.30. The summed E-state index contributed by atoms with van der Waals surface area (Å²) >= 11 is 0. The van der Waals surface area contributed by atoms with Gasteiger partial charge >= 0.3 is 0 Å². The van der Waals surface area contributed by atoms with Crippen molar-refractivity contribution in [2.24, 2.45) is 0 Å². The minimum atomic E-state index is -0.411. The lowest BCUT2D eigenvalue weighted by Gasteiger charge is -2.25. The summed E-state index contributed by atoms with van der Waals surface area (Å²) in [5.41, 5.74) is 0.514. The summed E-state index contributed by atoms with van der Waals surface area (Å²) in [5, 5.41) is 14.3. The largest absolute Gasteiger partial charge is 0.491 e. The Morgan fingerprint density at radius 2 is 2.20 bits per heavy atom. The third kappa shape index (κ3) is 3.60. The molecule has 1 heterocycles. The molecule has 0 saturated carbocycles. The van der Waals surface area contributed by atoms with Gasteiger partial charge < -0.3 is 14.8 Å². The third-order valence-electron chi connectivity index (χ3n) is 3.14. The number of nitrogens with one attached hydrogen (secondary N) is 1. The Kier molecular flexibility index (Phi) is 4.13. The van der Waals surface area contributed by atoms with Crippen molar-refractivity contribution < 1.29 is 14.4 Å². The van der Waals surface area contributed by atoms with Gasteiger partial charge in [-0.1, -0.05) is 0 Å². The first kappa shape index (κ1) is 14.6. The lowest BCUT2D eigenvalue weighted by molar-refractivity contribution is -0.384. The lowest BCUT2D eigenvalue weighted by atomic mass is 10.0. The Balaban J connectivity index is 2.26. The number of rotatable bonds is 5. The van der Waals surface area contributed by atoms with Crippen molar-refractivity contribution in [3.05, 3.63) is 28.3 Å². The quantitative estimate of drug-likeness (QED) is 0.663. The van der Waals surface area contributed by atoms with Crippen molar-refractivity contribution in [1.29, 1.82) is 0 Å². The fourth-order valence-corrected chi connectivity index (χ4v) is 2.22. The number of hydrogen-bond acceptors (Lipinski definition) is 5. The molecule has 2 rings (SSSR count). The number of anilines is 1. The summed E-state index contributed by atoms with van der Waals surface area (Å²) < 4.78 is 10.9. The number of ether oxygens (including phenoxy) is 2. The molecular weight excluding hydrogens is 260 g/mol. The molecule has 110 valence electrons. The second-order valence-electron chi connectivity index (χ2n) is 5.63. The topological polar surface area (TPSA) is 73.6 Å². The fraction of sp³-hybridized carbons (Fsp3) is 0.571. The summed E-state index contributed by atoms with van der Waals surface area (Å²) in [5.74, 6) is 0.499. The second kappa shape index (κ2) is 5.66. The van der Waals surface area contributed by atoms with Crippen LogP contribution in [0.25, 0.3) is 0 Å². The molecule has 0 aliphatic carbocycles. The first-order valence-electron chi connectivity index (χ1n) is 6.70. The summed E-state index contributed by atoms with van der Waals surface area (Å²) in [7, 11) is 0. The van der Waals surface area contributed by atoms with E-state index in [-0.39, 0.29) is 17.3 Å². The average molecular weight is 280 g/mol. The Hall–Kier alpha value is -1.82. The molecule has 0 amide bonds. The van der Waals surface area contributed by atoms with Gasteiger partial charge in [0.15, 0.2) is 0 Å². The van der Waals surface area contributed by atoms with E-state index in [9.17, 15) is 10.1 Å². The molecule has 1 fully saturated rings. The SMILES string of the molecule is CC(C)Oc1cc(NC2(C)CCOC2)cc([N+](=O)[O-])c1. The van der Waals surface area contributed by atoms with E-state index in [0.717, 1.165) is 6.42 Å². The molecule has 1 saturated heterocycles. The van der Waals surface area contributed by atoms with Crippen molar-refractivity contribution >= 4 is 11.4 Å². The first-order chi connectivity index (χ1) is 9.38. The smallest absolute Gasteiger partial charge is 0.275 e. The van der Waals surface area contributed by atoms with Crippen LogP contribution < -0.4 is 10.1 Å². The molecule has 6 nitrogen and oxygen atoms in total. The van der Waals surface area contributed by atoms with Gasteiger partial charge in [-0.3, -0.25) is 10.1 Å². The predicted molar refractivity (Wildman–Crippen MR) is 76.3 cm³/mol. The average Bonchev–Trinajstić information content (AvgIpc) is 2.74. The number of hydrogen-bond donors (Lipinski definition) is 1. The number of non-ortho nitro benzene ring substituents is 1. The molecule has 1 atom stereocenters. The van der Waals surface area contributed by atoms with E-state index >= 15 is 0 Å².